The van der Waals surface area contributed by atoms with Crippen molar-refractivity contribution in [3.63, 3.8) is 0 Å². The summed E-state index contributed by atoms with van der Waals surface area (Å²) in [4.78, 5) is 8.32. The molecule has 0 aliphatic carbocycles. The summed E-state index contributed by atoms with van der Waals surface area (Å²) in [6, 6.07) is 0. The molecule has 0 aromatic carbocycles. The molecule has 1 aromatic heterocycles. The van der Waals surface area contributed by atoms with Crippen LogP contribution < -0.4 is 5.32 Å². The number of ether oxygens (including phenoxy) is 2. The number of rotatable bonds is 9. The number of nitrogens with zero attached hydrogens (tertiary/aromatic N) is 2. The fourth-order valence-corrected chi connectivity index (χ4v) is 1.46. The average molecular weight is 351 g/mol. The van der Waals surface area contributed by atoms with Crippen LogP contribution in [0.4, 0.5) is 5.95 Å². The first kappa shape index (κ1) is 14.6. The van der Waals surface area contributed by atoms with Gasteiger partial charge in [0.1, 0.15) is 0 Å². The van der Waals surface area contributed by atoms with E-state index in [0.29, 0.717) is 19.2 Å². The van der Waals surface area contributed by atoms with Crippen molar-refractivity contribution in [2.24, 2.45) is 0 Å². The third kappa shape index (κ3) is 7.45. The zero-order valence-corrected chi connectivity index (χ0v) is 12.1. The Hall–Kier alpha value is -0.470. The first-order valence-corrected chi connectivity index (χ1v) is 6.69. The standard InChI is InChI=1S/C11H18IN3O2/c1-16-6-7-17-5-3-2-4-13-11-14-8-10(12)9-15-11/h8-9H,2-7H2,1H3,(H,13,14,15). The van der Waals surface area contributed by atoms with Crippen LogP contribution in [0.2, 0.25) is 0 Å². The van der Waals surface area contributed by atoms with Gasteiger partial charge in [-0.1, -0.05) is 0 Å². The van der Waals surface area contributed by atoms with E-state index in [1.807, 2.05) is 0 Å². The third-order valence-corrected chi connectivity index (χ3v) is 2.61. The van der Waals surface area contributed by atoms with Gasteiger partial charge in [0.25, 0.3) is 0 Å². The fourth-order valence-electron chi connectivity index (χ4n) is 1.18. The second-order valence-electron chi connectivity index (χ2n) is 3.46. The molecule has 0 saturated heterocycles. The van der Waals surface area contributed by atoms with E-state index in [0.717, 1.165) is 29.6 Å². The highest BCUT2D eigenvalue weighted by Crippen LogP contribution is 2.02. The highest BCUT2D eigenvalue weighted by molar-refractivity contribution is 14.1. The van der Waals surface area contributed by atoms with E-state index in [2.05, 4.69) is 37.9 Å². The predicted molar refractivity (Wildman–Crippen MR) is 75.2 cm³/mol. The highest BCUT2D eigenvalue weighted by Gasteiger charge is 1.95. The first-order chi connectivity index (χ1) is 8.33. The average Bonchev–Trinajstić information content (AvgIpc) is 2.35. The Morgan fingerprint density at radius 2 is 1.94 bits per heavy atom. The fraction of sp³-hybridized carbons (Fsp3) is 0.636. The predicted octanol–water partition coefficient (Wildman–Crippen LogP) is 1.94. The van der Waals surface area contributed by atoms with Crippen molar-refractivity contribution >= 4 is 28.5 Å². The Morgan fingerprint density at radius 1 is 1.18 bits per heavy atom. The maximum absolute atomic E-state index is 5.36. The van der Waals surface area contributed by atoms with Crippen molar-refractivity contribution in [3.8, 4) is 0 Å². The molecule has 0 aliphatic rings. The van der Waals surface area contributed by atoms with Crippen molar-refractivity contribution in [3.05, 3.63) is 16.0 Å². The second kappa shape index (κ2) is 9.55. The van der Waals surface area contributed by atoms with Gasteiger partial charge in [0.2, 0.25) is 5.95 Å². The Kier molecular flexibility index (Phi) is 8.20. The topological polar surface area (TPSA) is 56.3 Å². The first-order valence-electron chi connectivity index (χ1n) is 5.61. The summed E-state index contributed by atoms with van der Waals surface area (Å²) < 4.78 is 11.3. The monoisotopic (exact) mass is 351 g/mol. The van der Waals surface area contributed by atoms with E-state index >= 15 is 0 Å². The number of hydrogen-bond donors (Lipinski definition) is 1. The van der Waals surface area contributed by atoms with Crippen LogP contribution >= 0.6 is 22.6 Å². The molecule has 6 heteroatoms. The third-order valence-electron chi connectivity index (χ3n) is 2.05. The number of aromatic nitrogens is 2. The normalized spacial score (nSPS) is 10.5. The quantitative estimate of drug-likeness (QED) is 0.544. The van der Waals surface area contributed by atoms with Crippen LogP contribution in [0.25, 0.3) is 0 Å². The highest BCUT2D eigenvalue weighted by atomic mass is 127. The lowest BCUT2D eigenvalue weighted by Crippen LogP contribution is -2.07. The minimum absolute atomic E-state index is 0.661. The number of nitrogens with one attached hydrogen (secondary N) is 1. The molecule has 0 spiro atoms. The van der Waals surface area contributed by atoms with Crippen molar-refractivity contribution < 1.29 is 9.47 Å². The van der Waals surface area contributed by atoms with Gasteiger partial charge < -0.3 is 14.8 Å². The van der Waals surface area contributed by atoms with Gasteiger partial charge in [-0.05, 0) is 35.4 Å². The summed E-state index contributed by atoms with van der Waals surface area (Å²) in [6.45, 7) is 2.98. The van der Waals surface area contributed by atoms with Gasteiger partial charge >= 0.3 is 0 Å². The Balaban J connectivity index is 1.95. The molecule has 1 aromatic rings. The van der Waals surface area contributed by atoms with E-state index in [-0.39, 0.29) is 0 Å². The smallest absolute Gasteiger partial charge is 0.222 e. The van der Waals surface area contributed by atoms with Gasteiger partial charge in [-0.2, -0.15) is 0 Å². The molecule has 0 atom stereocenters. The molecule has 5 nitrogen and oxygen atoms in total. The molecule has 1 rings (SSSR count). The number of hydrogen-bond acceptors (Lipinski definition) is 5. The van der Waals surface area contributed by atoms with Crippen molar-refractivity contribution in [1.82, 2.24) is 9.97 Å². The summed E-state index contributed by atoms with van der Waals surface area (Å²) in [6.07, 6.45) is 5.66. The number of halogens is 1. The van der Waals surface area contributed by atoms with Crippen molar-refractivity contribution in [2.45, 2.75) is 12.8 Å². The molecule has 0 bridgehead atoms. The van der Waals surface area contributed by atoms with Crippen LogP contribution in [0.15, 0.2) is 12.4 Å². The van der Waals surface area contributed by atoms with Gasteiger partial charge in [0.05, 0.1) is 13.2 Å². The van der Waals surface area contributed by atoms with Gasteiger partial charge in [-0.15, -0.1) is 0 Å². The second-order valence-corrected chi connectivity index (χ2v) is 4.71. The molecule has 17 heavy (non-hydrogen) atoms. The molecular weight excluding hydrogens is 333 g/mol. The van der Waals surface area contributed by atoms with E-state index in [1.54, 1.807) is 19.5 Å². The number of unbranched alkanes of at least 4 members (excludes halogenated alkanes) is 1. The largest absolute Gasteiger partial charge is 0.382 e. The van der Waals surface area contributed by atoms with Gasteiger partial charge in [0.15, 0.2) is 0 Å². The Labute approximate surface area is 115 Å². The zero-order chi connectivity index (χ0) is 12.3. The molecule has 0 fully saturated rings. The van der Waals surface area contributed by atoms with Crippen molar-refractivity contribution in [1.29, 1.82) is 0 Å². The molecule has 96 valence electrons. The molecule has 0 radical (unpaired) electrons. The van der Waals surface area contributed by atoms with Crippen LogP contribution in [0.1, 0.15) is 12.8 Å². The molecule has 1 heterocycles. The maximum Gasteiger partial charge on any atom is 0.222 e. The van der Waals surface area contributed by atoms with E-state index in [4.69, 9.17) is 9.47 Å². The SMILES string of the molecule is COCCOCCCCNc1ncc(I)cn1. The van der Waals surface area contributed by atoms with Gasteiger partial charge in [0, 0.05) is 36.2 Å². The van der Waals surface area contributed by atoms with Gasteiger partial charge in [-0.25, -0.2) is 9.97 Å². The van der Waals surface area contributed by atoms with Crippen LogP contribution in [0.3, 0.4) is 0 Å². The van der Waals surface area contributed by atoms with Crippen LogP contribution in [0, 0.1) is 3.57 Å². The summed E-state index contributed by atoms with van der Waals surface area (Å²) in [5, 5.41) is 3.17. The van der Waals surface area contributed by atoms with E-state index in [1.165, 1.54) is 0 Å². The van der Waals surface area contributed by atoms with Gasteiger partial charge in [-0.3, -0.25) is 0 Å². The summed E-state index contributed by atoms with van der Waals surface area (Å²) in [5.74, 6) is 0.686. The molecule has 0 unspecified atom stereocenters. The molecule has 0 aliphatic heterocycles. The Bertz CT molecular complexity index is 295. The van der Waals surface area contributed by atoms with Crippen LogP contribution in [0.5, 0.6) is 0 Å². The molecular formula is C11H18IN3O2. The zero-order valence-electron chi connectivity index (χ0n) is 9.99. The molecule has 1 N–H and O–H groups in total. The number of methoxy groups -OCH3 is 1. The summed E-state index contributed by atoms with van der Waals surface area (Å²) >= 11 is 2.18. The van der Waals surface area contributed by atoms with E-state index < -0.39 is 0 Å². The molecule has 0 amide bonds. The minimum Gasteiger partial charge on any atom is -0.382 e. The molecule has 0 saturated carbocycles. The minimum atomic E-state index is 0.661. The lowest BCUT2D eigenvalue weighted by molar-refractivity contribution is 0.0691. The van der Waals surface area contributed by atoms with Crippen LogP contribution in [-0.4, -0.2) is 43.4 Å². The summed E-state index contributed by atoms with van der Waals surface area (Å²) in [5.41, 5.74) is 0. The van der Waals surface area contributed by atoms with Crippen molar-refractivity contribution in [2.75, 3.05) is 38.8 Å². The lowest BCUT2D eigenvalue weighted by Gasteiger charge is -2.05. The van der Waals surface area contributed by atoms with E-state index in [9.17, 15) is 0 Å². The number of anilines is 1. The lowest BCUT2D eigenvalue weighted by atomic mass is 10.3. The Morgan fingerprint density at radius 3 is 2.65 bits per heavy atom. The maximum atomic E-state index is 5.36. The van der Waals surface area contributed by atoms with Crippen LogP contribution in [-0.2, 0) is 9.47 Å². The summed E-state index contributed by atoms with van der Waals surface area (Å²) in [7, 11) is 1.67.